The topological polar surface area (TPSA) is 107 Å². The minimum atomic E-state index is -1.69. The van der Waals surface area contributed by atoms with E-state index in [2.05, 4.69) is 0 Å². The number of hydrogen-bond donors (Lipinski definition) is 3. The summed E-state index contributed by atoms with van der Waals surface area (Å²) in [7, 11) is 0. The Kier molecular flexibility index (Phi) is 9.33. The van der Waals surface area contributed by atoms with Gasteiger partial charge in [0.2, 0.25) is 0 Å². The molecule has 0 aliphatic carbocycles. The van der Waals surface area contributed by atoms with Gasteiger partial charge in [0.25, 0.3) is 5.91 Å². The van der Waals surface area contributed by atoms with E-state index in [-0.39, 0.29) is 24.8 Å². The zero-order chi connectivity index (χ0) is 21.4. The highest BCUT2D eigenvalue weighted by molar-refractivity contribution is 6.18. The molecule has 12 heteroatoms. The molecule has 156 valence electrons. The number of alkyl halides is 2. The number of benzene rings is 1. The number of aliphatic carboxylic acids is 2. The average molecular weight is 445 g/mol. The molecular weight excluding hydrogens is 428 g/mol. The van der Waals surface area contributed by atoms with Gasteiger partial charge in [-0.2, -0.15) is 0 Å². The van der Waals surface area contributed by atoms with E-state index in [1.165, 1.54) is 0 Å². The van der Waals surface area contributed by atoms with Gasteiger partial charge in [0.1, 0.15) is 11.7 Å². The first-order valence-corrected chi connectivity index (χ1v) is 9.00. The third-order valence-electron chi connectivity index (χ3n) is 3.65. The van der Waals surface area contributed by atoms with Gasteiger partial charge in [0.15, 0.2) is 17.5 Å². The molecule has 28 heavy (non-hydrogen) atoms. The maximum Gasteiger partial charge on any atom is 0.326 e. The van der Waals surface area contributed by atoms with Crippen molar-refractivity contribution in [1.82, 2.24) is 5.32 Å². The lowest BCUT2D eigenvalue weighted by Crippen LogP contribution is -2.41. The fraction of sp³-hybridized carbons (Fsp3) is 0.438. The van der Waals surface area contributed by atoms with Gasteiger partial charge in [-0.1, -0.05) is 0 Å². The van der Waals surface area contributed by atoms with Crippen LogP contribution in [-0.4, -0.2) is 59.0 Å². The molecule has 0 bridgehead atoms. The van der Waals surface area contributed by atoms with Crippen molar-refractivity contribution in [3.63, 3.8) is 0 Å². The molecule has 0 aromatic heterocycles. The first kappa shape index (κ1) is 23.8. The van der Waals surface area contributed by atoms with Crippen molar-refractivity contribution in [2.75, 3.05) is 29.7 Å². The number of carbonyl (C=O) groups excluding carboxylic acids is 1. The van der Waals surface area contributed by atoms with E-state index in [0.29, 0.717) is 6.07 Å². The number of halogens is 5. The van der Waals surface area contributed by atoms with Crippen LogP contribution >= 0.6 is 23.2 Å². The van der Waals surface area contributed by atoms with Crippen molar-refractivity contribution in [2.24, 2.45) is 0 Å². The number of nitrogens with zero attached hydrogens (tertiary/aromatic N) is 1. The van der Waals surface area contributed by atoms with Crippen LogP contribution in [0.3, 0.4) is 0 Å². The summed E-state index contributed by atoms with van der Waals surface area (Å²) in [5.74, 6) is -8.96. The van der Waals surface area contributed by atoms with Gasteiger partial charge in [-0.05, 0) is 12.5 Å². The maximum absolute atomic E-state index is 14.4. The highest BCUT2D eigenvalue weighted by Gasteiger charge is 2.28. The number of anilines is 1. The SMILES string of the molecule is O=C(O)CCC(NC(=O)c1cc(F)c(N(CCCl)CCCl)c(F)c1F)C(=O)O. The van der Waals surface area contributed by atoms with E-state index in [1.807, 2.05) is 5.32 Å². The second-order valence-electron chi connectivity index (χ2n) is 5.54. The number of rotatable bonds is 11. The second kappa shape index (κ2) is 11.0. The molecule has 1 atom stereocenters. The molecule has 1 rings (SSSR count). The third kappa shape index (κ3) is 6.16. The Hall–Kier alpha value is -2.20. The lowest BCUT2D eigenvalue weighted by atomic mass is 10.1. The molecule has 1 aromatic carbocycles. The van der Waals surface area contributed by atoms with Gasteiger partial charge >= 0.3 is 11.9 Å². The molecule has 0 spiro atoms. The molecule has 0 heterocycles. The summed E-state index contributed by atoms with van der Waals surface area (Å²) in [5.41, 5.74) is -1.81. The number of nitrogens with one attached hydrogen (secondary N) is 1. The normalized spacial score (nSPS) is 11.8. The molecular formula is C16H17Cl2F3N2O5. The van der Waals surface area contributed by atoms with E-state index in [9.17, 15) is 27.6 Å². The Balaban J connectivity index is 3.19. The Labute approximate surface area is 168 Å². The van der Waals surface area contributed by atoms with Crippen molar-refractivity contribution in [1.29, 1.82) is 0 Å². The number of amides is 1. The fourth-order valence-electron chi connectivity index (χ4n) is 2.34. The lowest BCUT2D eigenvalue weighted by Gasteiger charge is -2.24. The van der Waals surface area contributed by atoms with Crippen LogP contribution in [0.25, 0.3) is 0 Å². The predicted molar refractivity (Wildman–Crippen MR) is 95.7 cm³/mol. The molecule has 0 aliphatic rings. The van der Waals surface area contributed by atoms with E-state index >= 15 is 0 Å². The van der Waals surface area contributed by atoms with E-state index in [1.54, 1.807) is 0 Å². The monoisotopic (exact) mass is 444 g/mol. The van der Waals surface area contributed by atoms with Gasteiger partial charge in [0, 0.05) is 31.3 Å². The Morgan fingerprint density at radius 2 is 1.64 bits per heavy atom. The largest absolute Gasteiger partial charge is 0.481 e. The van der Waals surface area contributed by atoms with Crippen LogP contribution in [0.15, 0.2) is 6.07 Å². The standard InChI is InChI=1S/C16H17Cl2F3N2O5/c17-3-5-23(6-4-18)14-9(19)7-8(12(20)13(14)21)15(26)22-10(16(27)28)1-2-11(24)25/h7,10H,1-6H2,(H,22,26)(H,24,25)(H,27,28). The fourth-order valence-corrected chi connectivity index (χ4v) is 2.75. The van der Waals surface area contributed by atoms with Crippen LogP contribution in [0.1, 0.15) is 23.2 Å². The van der Waals surface area contributed by atoms with E-state index in [4.69, 9.17) is 33.4 Å². The molecule has 0 fully saturated rings. The molecule has 1 amide bonds. The van der Waals surface area contributed by atoms with Crippen molar-refractivity contribution < 1.29 is 37.8 Å². The lowest BCUT2D eigenvalue weighted by molar-refractivity contribution is -0.140. The zero-order valence-corrected chi connectivity index (χ0v) is 15.9. The van der Waals surface area contributed by atoms with Gasteiger partial charge in [-0.25, -0.2) is 18.0 Å². The smallest absolute Gasteiger partial charge is 0.326 e. The molecule has 1 aromatic rings. The third-order valence-corrected chi connectivity index (χ3v) is 3.99. The Morgan fingerprint density at radius 3 is 2.11 bits per heavy atom. The molecule has 0 radical (unpaired) electrons. The Morgan fingerprint density at radius 1 is 1.07 bits per heavy atom. The highest BCUT2D eigenvalue weighted by atomic mass is 35.5. The van der Waals surface area contributed by atoms with Crippen molar-refractivity contribution in [3.8, 4) is 0 Å². The number of carboxylic acid groups (broad SMARTS) is 2. The van der Waals surface area contributed by atoms with Crippen LogP contribution < -0.4 is 10.2 Å². The summed E-state index contributed by atoms with van der Waals surface area (Å²) in [6, 6.07) is -1.26. The average Bonchev–Trinajstić information content (AvgIpc) is 2.61. The van der Waals surface area contributed by atoms with Gasteiger partial charge in [0.05, 0.1) is 5.56 Å². The van der Waals surface area contributed by atoms with Gasteiger partial charge < -0.3 is 20.4 Å². The molecule has 0 aliphatic heterocycles. The summed E-state index contributed by atoms with van der Waals surface area (Å²) in [6.07, 6.45) is -1.09. The van der Waals surface area contributed by atoms with Gasteiger partial charge in [-0.3, -0.25) is 9.59 Å². The molecule has 1 unspecified atom stereocenters. The van der Waals surface area contributed by atoms with Crippen LogP contribution in [0, 0.1) is 17.5 Å². The van der Waals surface area contributed by atoms with Crippen molar-refractivity contribution in [3.05, 3.63) is 29.1 Å². The maximum atomic E-state index is 14.4. The quantitative estimate of drug-likeness (QED) is 0.357. The summed E-state index contributed by atoms with van der Waals surface area (Å²) >= 11 is 11.1. The first-order valence-electron chi connectivity index (χ1n) is 7.93. The van der Waals surface area contributed by atoms with E-state index < -0.39 is 65.4 Å². The van der Waals surface area contributed by atoms with Crippen LogP contribution in [0.2, 0.25) is 0 Å². The molecule has 7 nitrogen and oxygen atoms in total. The summed E-state index contributed by atoms with van der Waals surface area (Å²) in [4.78, 5) is 34.8. The number of carbonyl (C=O) groups is 3. The van der Waals surface area contributed by atoms with Crippen molar-refractivity contribution in [2.45, 2.75) is 18.9 Å². The summed E-state index contributed by atoms with van der Waals surface area (Å²) in [6.45, 7) is -0.0766. The van der Waals surface area contributed by atoms with Crippen LogP contribution in [0.4, 0.5) is 18.9 Å². The zero-order valence-electron chi connectivity index (χ0n) is 14.4. The minimum absolute atomic E-state index is 0.0243. The number of hydrogen-bond acceptors (Lipinski definition) is 4. The first-order chi connectivity index (χ1) is 13.1. The minimum Gasteiger partial charge on any atom is -0.481 e. The molecule has 3 N–H and O–H groups in total. The summed E-state index contributed by atoms with van der Waals surface area (Å²) < 4.78 is 43.2. The van der Waals surface area contributed by atoms with Crippen molar-refractivity contribution >= 4 is 46.7 Å². The highest BCUT2D eigenvalue weighted by Crippen LogP contribution is 2.28. The van der Waals surface area contributed by atoms with E-state index in [0.717, 1.165) is 4.90 Å². The molecule has 0 saturated carbocycles. The Bertz CT molecular complexity index is 745. The molecule has 0 saturated heterocycles. The number of carboxylic acids is 2. The van der Waals surface area contributed by atoms with Crippen LogP contribution in [-0.2, 0) is 9.59 Å². The van der Waals surface area contributed by atoms with Crippen LogP contribution in [0.5, 0.6) is 0 Å². The predicted octanol–water partition coefficient (Wildman–Crippen LogP) is 2.44. The second-order valence-corrected chi connectivity index (χ2v) is 6.30. The summed E-state index contributed by atoms with van der Waals surface area (Å²) in [5, 5.41) is 19.5. The van der Waals surface area contributed by atoms with Gasteiger partial charge in [-0.15, -0.1) is 23.2 Å².